The van der Waals surface area contributed by atoms with Crippen LogP contribution in [-0.2, 0) is 21.3 Å². The topological polar surface area (TPSA) is 81.4 Å². The molecule has 1 aromatic heterocycles. The Bertz CT molecular complexity index is 466. The van der Waals surface area contributed by atoms with Crippen molar-refractivity contribution < 1.29 is 13.2 Å². The molecule has 0 unspecified atom stereocenters. The molecule has 1 aromatic rings. The minimum Gasteiger partial charge on any atom is -0.377 e. The Kier molecular flexibility index (Phi) is 4.68. The zero-order chi connectivity index (χ0) is 13.1. The number of hydrogen-bond acceptors (Lipinski definition) is 5. The maximum atomic E-state index is 11.9. The largest absolute Gasteiger partial charge is 0.377 e. The molecule has 1 heterocycles. The van der Waals surface area contributed by atoms with Gasteiger partial charge in [-0.1, -0.05) is 0 Å². The highest BCUT2D eigenvalue weighted by Crippen LogP contribution is 2.19. The molecule has 3 N–H and O–H groups in total. The summed E-state index contributed by atoms with van der Waals surface area (Å²) in [6.07, 6.45) is 0. The first-order chi connectivity index (χ1) is 7.80. The van der Waals surface area contributed by atoms with Crippen molar-refractivity contribution in [3.8, 4) is 0 Å². The molecule has 0 fully saturated rings. The van der Waals surface area contributed by atoms with Crippen molar-refractivity contribution in [2.24, 2.45) is 5.73 Å². The number of thiophene rings is 1. The molecule has 17 heavy (non-hydrogen) atoms. The van der Waals surface area contributed by atoms with Crippen molar-refractivity contribution >= 4 is 21.4 Å². The SMILES string of the molecule is COC(C)(C)CNS(=O)(=O)c1csc(CN)c1. The van der Waals surface area contributed by atoms with Gasteiger partial charge >= 0.3 is 0 Å². The molecule has 0 bridgehead atoms. The smallest absolute Gasteiger partial charge is 0.241 e. The van der Waals surface area contributed by atoms with Gasteiger partial charge in [0.1, 0.15) is 0 Å². The van der Waals surface area contributed by atoms with Crippen molar-refractivity contribution in [1.29, 1.82) is 0 Å². The molecule has 0 radical (unpaired) electrons. The lowest BCUT2D eigenvalue weighted by molar-refractivity contribution is 0.0276. The fourth-order valence-electron chi connectivity index (χ4n) is 1.03. The van der Waals surface area contributed by atoms with Crippen molar-refractivity contribution in [1.82, 2.24) is 4.72 Å². The van der Waals surface area contributed by atoms with Crippen LogP contribution in [0.25, 0.3) is 0 Å². The maximum Gasteiger partial charge on any atom is 0.241 e. The Morgan fingerprint density at radius 2 is 2.18 bits per heavy atom. The molecular weight excluding hydrogens is 260 g/mol. The Morgan fingerprint density at radius 3 is 2.65 bits per heavy atom. The third kappa shape index (κ3) is 4.04. The predicted molar refractivity (Wildman–Crippen MR) is 68.5 cm³/mol. The normalized spacial score (nSPS) is 12.9. The molecule has 0 aliphatic heterocycles. The standard InChI is InChI=1S/C10H18N2O3S2/c1-10(2,15-3)7-12-17(13,14)9-4-8(5-11)16-6-9/h4,6,12H,5,7,11H2,1-3H3. The average Bonchev–Trinajstić information content (AvgIpc) is 2.76. The van der Waals surface area contributed by atoms with Crippen LogP contribution in [0.1, 0.15) is 18.7 Å². The summed E-state index contributed by atoms with van der Waals surface area (Å²) in [5.41, 5.74) is 4.92. The lowest BCUT2D eigenvalue weighted by atomic mass is 10.1. The van der Waals surface area contributed by atoms with Crippen LogP contribution in [0.4, 0.5) is 0 Å². The quantitative estimate of drug-likeness (QED) is 0.810. The zero-order valence-electron chi connectivity index (χ0n) is 10.2. The molecule has 7 heteroatoms. The lowest BCUT2D eigenvalue weighted by Gasteiger charge is -2.22. The first-order valence-electron chi connectivity index (χ1n) is 5.13. The molecule has 0 saturated heterocycles. The van der Waals surface area contributed by atoms with Gasteiger partial charge in [-0.25, -0.2) is 13.1 Å². The van der Waals surface area contributed by atoms with Crippen LogP contribution in [0.2, 0.25) is 0 Å². The molecule has 0 spiro atoms. The van der Waals surface area contributed by atoms with Gasteiger partial charge in [-0.05, 0) is 19.9 Å². The number of sulfonamides is 1. The highest BCUT2D eigenvalue weighted by Gasteiger charge is 2.22. The summed E-state index contributed by atoms with van der Waals surface area (Å²) in [5.74, 6) is 0. The van der Waals surface area contributed by atoms with Crippen molar-refractivity contribution in [3.63, 3.8) is 0 Å². The van der Waals surface area contributed by atoms with Crippen LogP contribution in [0, 0.1) is 0 Å². The number of hydrogen-bond donors (Lipinski definition) is 2. The molecule has 98 valence electrons. The monoisotopic (exact) mass is 278 g/mol. The van der Waals surface area contributed by atoms with E-state index < -0.39 is 15.6 Å². The minimum absolute atomic E-state index is 0.222. The Hall–Kier alpha value is -0.470. The lowest BCUT2D eigenvalue weighted by Crippen LogP contribution is -2.39. The summed E-state index contributed by atoms with van der Waals surface area (Å²) in [5, 5.41) is 1.59. The fourth-order valence-corrected chi connectivity index (χ4v) is 3.39. The van der Waals surface area contributed by atoms with Crippen molar-refractivity contribution in [3.05, 3.63) is 16.3 Å². The summed E-state index contributed by atoms with van der Waals surface area (Å²) < 4.78 is 31.5. The van der Waals surface area contributed by atoms with E-state index in [1.807, 2.05) is 13.8 Å². The average molecular weight is 278 g/mol. The molecule has 5 nitrogen and oxygen atoms in total. The Morgan fingerprint density at radius 1 is 1.53 bits per heavy atom. The van der Waals surface area contributed by atoms with E-state index in [-0.39, 0.29) is 11.4 Å². The summed E-state index contributed by atoms with van der Waals surface area (Å²) in [6, 6.07) is 1.59. The summed E-state index contributed by atoms with van der Waals surface area (Å²) >= 11 is 1.34. The molecular formula is C10H18N2O3S2. The first kappa shape index (κ1) is 14.6. The van der Waals surface area contributed by atoms with Gasteiger partial charge in [0, 0.05) is 30.5 Å². The van der Waals surface area contributed by atoms with Gasteiger partial charge in [0.25, 0.3) is 0 Å². The number of nitrogens with one attached hydrogen (secondary N) is 1. The molecule has 1 rings (SSSR count). The van der Waals surface area contributed by atoms with Gasteiger partial charge in [-0.2, -0.15) is 0 Å². The van der Waals surface area contributed by atoms with E-state index in [0.717, 1.165) is 4.88 Å². The second kappa shape index (κ2) is 5.45. The Balaban J connectivity index is 2.76. The van der Waals surface area contributed by atoms with Crippen LogP contribution >= 0.6 is 11.3 Å². The van der Waals surface area contributed by atoms with Gasteiger partial charge in [0.2, 0.25) is 10.0 Å². The fraction of sp³-hybridized carbons (Fsp3) is 0.600. The minimum atomic E-state index is -3.47. The molecule has 0 amide bonds. The van der Waals surface area contributed by atoms with Crippen molar-refractivity contribution in [2.75, 3.05) is 13.7 Å². The van der Waals surface area contributed by atoms with Crippen LogP contribution in [-0.4, -0.2) is 27.7 Å². The van der Waals surface area contributed by atoms with Crippen LogP contribution in [0.5, 0.6) is 0 Å². The predicted octanol–water partition coefficient (Wildman–Crippen LogP) is 0.910. The molecule has 0 atom stereocenters. The zero-order valence-corrected chi connectivity index (χ0v) is 11.8. The molecule has 0 saturated carbocycles. The van der Waals surface area contributed by atoms with Gasteiger partial charge in [-0.15, -0.1) is 11.3 Å². The van der Waals surface area contributed by atoms with Crippen LogP contribution in [0.15, 0.2) is 16.3 Å². The van der Waals surface area contributed by atoms with E-state index in [1.54, 1.807) is 18.6 Å². The third-order valence-corrected chi connectivity index (χ3v) is 4.87. The van der Waals surface area contributed by atoms with Crippen LogP contribution < -0.4 is 10.5 Å². The van der Waals surface area contributed by atoms with Crippen molar-refractivity contribution in [2.45, 2.75) is 30.9 Å². The highest BCUT2D eigenvalue weighted by atomic mass is 32.2. The number of nitrogens with two attached hydrogens (primary N) is 1. The Labute approximate surface area is 106 Å². The van der Waals surface area contributed by atoms with E-state index in [1.165, 1.54) is 11.3 Å². The second-order valence-corrected chi connectivity index (χ2v) is 7.00. The summed E-state index contributed by atoms with van der Waals surface area (Å²) in [7, 11) is -1.92. The van der Waals surface area contributed by atoms with E-state index >= 15 is 0 Å². The van der Waals surface area contributed by atoms with E-state index in [0.29, 0.717) is 6.54 Å². The van der Waals surface area contributed by atoms with Gasteiger partial charge in [0.05, 0.1) is 10.5 Å². The first-order valence-corrected chi connectivity index (χ1v) is 7.49. The second-order valence-electron chi connectivity index (χ2n) is 4.24. The van der Waals surface area contributed by atoms with Gasteiger partial charge < -0.3 is 10.5 Å². The number of rotatable bonds is 6. The van der Waals surface area contributed by atoms with E-state index in [9.17, 15) is 8.42 Å². The summed E-state index contributed by atoms with van der Waals surface area (Å²) in [6.45, 7) is 4.20. The van der Waals surface area contributed by atoms with E-state index in [4.69, 9.17) is 10.5 Å². The maximum absolute atomic E-state index is 11.9. The molecule has 0 aromatic carbocycles. The summed E-state index contributed by atoms with van der Waals surface area (Å²) in [4.78, 5) is 1.10. The number of methoxy groups -OCH3 is 1. The number of ether oxygens (including phenoxy) is 1. The highest BCUT2D eigenvalue weighted by molar-refractivity contribution is 7.89. The molecule has 0 aliphatic carbocycles. The molecule has 0 aliphatic rings. The van der Waals surface area contributed by atoms with Gasteiger partial charge in [-0.3, -0.25) is 0 Å². The van der Waals surface area contributed by atoms with Crippen LogP contribution in [0.3, 0.4) is 0 Å². The third-order valence-electron chi connectivity index (χ3n) is 2.38. The van der Waals surface area contributed by atoms with E-state index in [2.05, 4.69) is 4.72 Å². The van der Waals surface area contributed by atoms with Gasteiger partial charge in [0.15, 0.2) is 0 Å².